The molecule has 5 nitrogen and oxygen atoms in total. The Morgan fingerprint density at radius 3 is 2.13 bits per heavy atom. The zero-order valence-electron chi connectivity index (χ0n) is 14.1. The molecule has 6 heteroatoms. The van der Waals surface area contributed by atoms with Gasteiger partial charge in [0.1, 0.15) is 6.10 Å². The fraction of sp³-hybridized carbons (Fsp3) is 0.529. The Morgan fingerprint density at radius 1 is 1.17 bits per heavy atom. The minimum Gasteiger partial charge on any atom is -0.461 e. The van der Waals surface area contributed by atoms with E-state index in [1.165, 1.54) is 0 Å². The molecule has 0 aliphatic heterocycles. The number of amides is 1. The smallest absolute Gasteiger partial charge is 0.331 e. The SMILES string of the molecule is CC(C)OC(=O)C(NC(=O)C(C)(C)C)C(O)c1ccc(Cl)cc1. The molecule has 0 heterocycles. The van der Waals surface area contributed by atoms with Gasteiger partial charge in [0.15, 0.2) is 6.04 Å². The van der Waals surface area contributed by atoms with Gasteiger partial charge in [-0.15, -0.1) is 0 Å². The average molecular weight is 342 g/mol. The van der Waals surface area contributed by atoms with E-state index in [9.17, 15) is 14.7 Å². The van der Waals surface area contributed by atoms with Crippen LogP contribution in [0.15, 0.2) is 24.3 Å². The summed E-state index contributed by atoms with van der Waals surface area (Å²) in [6.45, 7) is 8.58. The van der Waals surface area contributed by atoms with Gasteiger partial charge in [0.25, 0.3) is 0 Å². The number of benzene rings is 1. The summed E-state index contributed by atoms with van der Waals surface area (Å²) in [4.78, 5) is 24.5. The molecular weight excluding hydrogens is 318 g/mol. The van der Waals surface area contributed by atoms with E-state index in [2.05, 4.69) is 5.32 Å². The summed E-state index contributed by atoms with van der Waals surface area (Å²) in [7, 11) is 0. The molecule has 0 saturated heterocycles. The minimum absolute atomic E-state index is 0.351. The molecule has 0 spiro atoms. The summed E-state index contributed by atoms with van der Waals surface area (Å²) in [5, 5.41) is 13.6. The second-order valence-electron chi connectivity index (χ2n) is 6.68. The topological polar surface area (TPSA) is 75.6 Å². The van der Waals surface area contributed by atoms with Crippen molar-refractivity contribution in [2.45, 2.75) is 52.9 Å². The number of carbonyl (C=O) groups excluding carboxylic acids is 2. The monoisotopic (exact) mass is 341 g/mol. The molecule has 128 valence electrons. The van der Waals surface area contributed by atoms with E-state index in [0.717, 1.165) is 0 Å². The number of halogens is 1. The van der Waals surface area contributed by atoms with Crippen LogP contribution in [0, 0.1) is 5.41 Å². The van der Waals surface area contributed by atoms with Crippen molar-refractivity contribution in [1.29, 1.82) is 0 Å². The molecule has 0 radical (unpaired) electrons. The Bertz CT molecular complexity index is 549. The molecule has 0 saturated carbocycles. The lowest BCUT2D eigenvalue weighted by atomic mass is 9.94. The molecule has 23 heavy (non-hydrogen) atoms. The van der Waals surface area contributed by atoms with Crippen LogP contribution in [0.5, 0.6) is 0 Å². The fourth-order valence-corrected chi connectivity index (χ4v) is 1.91. The molecule has 0 aromatic heterocycles. The van der Waals surface area contributed by atoms with Crippen LogP contribution < -0.4 is 5.32 Å². The molecule has 0 aliphatic rings. The third kappa shape index (κ3) is 5.84. The first-order valence-electron chi connectivity index (χ1n) is 7.47. The summed E-state index contributed by atoms with van der Waals surface area (Å²) in [6, 6.07) is 5.23. The van der Waals surface area contributed by atoms with Crippen molar-refractivity contribution >= 4 is 23.5 Å². The number of carbonyl (C=O) groups is 2. The van der Waals surface area contributed by atoms with Gasteiger partial charge in [0, 0.05) is 10.4 Å². The van der Waals surface area contributed by atoms with Crippen molar-refractivity contribution in [1.82, 2.24) is 5.32 Å². The molecule has 2 atom stereocenters. The minimum atomic E-state index is -1.23. The molecule has 0 aliphatic carbocycles. The Morgan fingerprint density at radius 2 is 1.70 bits per heavy atom. The highest BCUT2D eigenvalue weighted by Gasteiger charge is 2.34. The van der Waals surface area contributed by atoms with Gasteiger partial charge in [-0.05, 0) is 31.5 Å². The van der Waals surface area contributed by atoms with Gasteiger partial charge >= 0.3 is 5.97 Å². The van der Waals surface area contributed by atoms with E-state index < -0.39 is 23.5 Å². The number of hydrogen-bond acceptors (Lipinski definition) is 4. The van der Waals surface area contributed by atoms with E-state index in [1.807, 2.05) is 0 Å². The van der Waals surface area contributed by atoms with Gasteiger partial charge in [0.2, 0.25) is 5.91 Å². The molecule has 1 amide bonds. The van der Waals surface area contributed by atoms with Gasteiger partial charge in [-0.2, -0.15) is 0 Å². The van der Waals surface area contributed by atoms with Crippen LogP contribution in [0.3, 0.4) is 0 Å². The summed E-state index contributed by atoms with van der Waals surface area (Å²) in [5.74, 6) is -1.03. The number of aliphatic hydroxyl groups is 1. The van der Waals surface area contributed by atoms with Crippen molar-refractivity contribution in [3.05, 3.63) is 34.9 Å². The van der Waals surface area contributed by atoms with Crippen molar-refractivity contribution in [3.63, 3.8) is 0 Å². The van der Waals surface area contributed by atoms with Gasteiger partial charge in [-0.3, -0.25) is 4.79 Å². The largest absolute Gasteiger partial charge is 0.461 e. The predicted octanol–water partition coefficient (Wildman–Crippen LogP) is 2.86. The van der Waals surface area contributed by atoms with Crippen LogP contribution in [0.25, 0.3) is 0 Å². The van der Waals surface area contributed by atoms with Crippen LogP contribution >= 0.6 is 11.6 Å². The summed E-state index contributed by atoms with van der Waals surface area (Å²) in [5.41, 5.74) is -0.231. The number of aliphatic hydroxyl groups excluding tert-OH is 1. The number of esters is 1. The highest BCUT2D eigenvalue weighted by molar-refractivity contribution is 6.30. The number of nitrogens with one attached hydrogen (secondary N) is 1. The standard InChI is InChI=1S/C17H24ClNO4/c1-10(2)23-15(21)13(19-16(22)17(3,4)5)14(20)11-6-8-12(18)9-7-11/h6-10,13-14,20H,1-5H3,(H,19,22). The number of hydrogen-bond donors (Lipinski definition) is 2. The Labute approximate surface area is 142 Å². The first-order chi connectivity index (χ1) is 10.5. The second kappa shape index (κ2) is 7.79. The van der Waals surface area contributed by atoms with E-state index >= 15 is 0 Å². The van der Waals surface area contributed by atoms with Gasteiger partial charge in [-0.25, -0.2) is 4.79 Å². The van der Waals surface area contributed by atoms with E-state index in [4.69, 9.17) is 16.3 Å². The van der Waals surface area contributed by atoms with Crippen LogP contribution in [-0.4, -0.2) is 29.1 Å². The summed E-state index contributed by atoms with van der Waals surface area (Å²) in [6.07, 6.45) is -1.58. The quantitative estimate of drug-likeness (QED) is 0.807. The third-order valence-corrected chi connectivity index (χ3v) is 3.35. The molecule has 0 bridgehead atoms. The molecule has 0 fully saturated rings. The van der Waals surface area contributed by atoms with E-state index in [-0.39, 0.29) is 12.0 Å². The normalized spacial score (nSPS) is 14.3. The first-order valence-corrected chi connectivity index (χ1v) is 7.85. The Hall–Kier alpha value is -1.59. The molecule has 1 rings (SSSR count). The Balaban J connectivity index is 3.04. The molecule has 1 aromatic rings. The van der Waals surface area contributed by atoms with Crippen molar-refractivity contribution in [2.24, 2.45) is 5.41 Å². The molecule has 1 aromatic carbocycles. The van der Waals surface area contributed by atoms with Crippen LogP contribution in [0.2, 0.25) is 5.02 Å². The molecular formula is C17H24ClNO4. The second-order valence-corrected chi connectivity index (χ2v) is 7.12. The molecule has 2 N–H and O–H groups in total. The maximum absolute atomic E-state index is 12.3. The van der Waals surface area contributed by atoms with Crippen LogP contribution in [-0.2, 0) is 14.3 Å². The summed E-state index contributed by atoms with van der Waals surface area (Å²) >= 11 is 5.83. The van der Waals surface area contributed by atoms with Crippen molar-refractivity contribution in [2.75, 3.05) is 0 Å². The summed E-state index contributed by atoms with van der Waals surface area (Å²) < 4.78 is 5.15. The number of rotatable bonds is 5. The van der Waals surface area contributed by atoms with Crippen LogP contribution in [0.4, 0.5) is 0 Å². The van der Waals surface area contributed by atoms with Crippen LogP contribution in [0.1, 0.15) is 46.3 Å². The van der Waals surface area contributed by atoms with Gasteiger partial charge < -0.3 is 15.2 Å². The number of ether oxygens (including phenoxy) is 1. The lowest BCUT2D eigenvalue weighted by Crippen LogP contribution is -2.49. The van der Waals surface area contributed by atoms with Gasteiger partial charge in [0.05, 0.1) is 6.10 Å². The molecule has 2 unspecified atom stereocenters. The highest BCUT2D eigenvalue weighted by Crippen LogP contribution is 2.22. The van der Waals surface area contributed by atoms with E-state index in [1.54, 1.807) is 58.9 Å². The first kappa shape index (κ1) is 19.5. The average Bonchev–Trinajstić information content (AvgIpc) is 2.42. The van der Waals surface area contributed by atoms with E-state index in [0.29, 0.717) is 10.6 Å². The zero-order chi connectivity index (χ0) is 17.8. The fourth-order valence-electron chi connectivity index (χ4n) is 1.78. The van der Waals surface area contributed by atoms with Crippen molar-refractivity contribution in [3.8, 4) is 0 Å². The predicted molar refractivity (Wildman–Crippen MR) is 89.0 cm³/mol. The van der Waals surface area contributed by atoms with Crippen molar-refractivity contribution < 1.29 is 19.4 Å². The maximum Gasteiger partial charge on any atom is 0.331 e. The zero-order valence-corrected chi connectivity index (χ0v) is 14.8. The highest BCUT2D eigenvalue weighted by atomic mass is 35.5. The lowest BCUT2D eigenvalue weighted by Gasteiger charge is -2.27. The maximum atomic E-state index is 12.3. The third-order valence-electron chi connectivity index (χ3n) is 3.10. The van der Waals surface area contributed by atoms with Gasteiger partial charge in [-0.1, -0.05) is 44.5 Å². The Kier molecular flexibility index (Phi) is 6.59. The lowest BCUT2D eigenvalue weighted by molar-refractivity contribution is -0.155.